The number of hydrogen-bond acceptors (Lipinski definition) is 2. The zero-order valence-corrected chi connectivity index (χ0v) is 9.16. The SMILES string of the molecule is Cc1cc(C)c(I)c(B(O)O)c1. The third kappa shape index (κ3) is 2.00. The normalized spacial score (nSPS) is 10.1. The minimum absolute atomic E-state index is 0.591. The van der Waals surface area contributed by atoms with Gasteiger partial charge in [-0.3, -0.25) is 0 Å². The van der Waals surface area contributed by atoms with Crippen molar-refractivity contribution in [2.75, 3.05) is 0 Å². The summed E-state index contributed by atoms with van der Waals surface area (Å²) in [5, 5.41) is 18.0. The molecule has 0 aliphatic carbocycles. The molecule has 0 spiro atoms. The van der Waals surface area contributed by atoms with Gasteiger partial charge in [-0.2, -0.15) is 0 Å². The summed E-state index contributed by atoms with van der Waals surface area (Å²) in [6, 6.07) is 3.81. The molecule has 0 radical (unpaired) electrons. The van der Waals surface area contributed by atoms with Crippen molar-refractivity contribution in [1.82, 2.24) is 0 Å². The van der Waals surface area contributed by atoms with Crippen LogP contribution in [0.1, 0.15) is 11.1 Å². The van der Waals surface area contributed by atoms with E-state index in [9.17, 15) is 0 Å². The summed E-state index contributed by atoms with van der Waals surface area (Å²) in [7, 11) is -1.37. The van der Waals surface area contributed by atoms with E-state index < -0.39 is 7.12 Å². The Morgan fingerprint density at radius 1 is 1.25 bits per heavy atom. The van der Waals surface area contributed by atoms with Crippen molar-refractivity contribution in [2.24, 2.45) is 0 Å². The van der Waals surface area contributed by atoms with Gasteiger partial charge in [0.1, 0.15) is 0 Å². The molecule has 0 saturated carbocycles. The Balaban J connectivity index is 3.28. The Labute approximate surface area is 85.9 Å². The van der Waals surface area contributed by atoms with Crippen LogP contribution >= 0.6 is 22.6 Å². The molecule has 2 nitrogen and oxygen atoms in total. The molecule has 1 aromatic carbocycles. The van der Waals surface area contributed by atoms with E-state index in [1.54, 1.807) is 6.07 Å². The van der Waals surface area contributed by atoms with Gasteiger partial charge < -0.3 is 10.0 Å². The van der Waals surface area contributed by atoms with E-state index in [0.717, 1.165) is 14.7 Å². The summed E-state index contributed by atoms with van der Waals surface area (Å²) in [5.41, 5.74) is 2.72. The Bertz CT molecular complexity index is 299. The maximum Gasteiger partial charge on any atom is 0.489 e. The molecule has 4 heteroatoms. The van der Waals surface area contributed by atoms with Crippen LogP contribution in [-0.2, 0) is 0 Å². The molecule has 0 bridgehead atoms. The highest BCUT2D eigenvalue weighted by atomic mass is 127. The largest absolute Gasteiger partial charge is 0.489 e. The standard InChI is InChI=1S/C8H10BIO2/c1-5-3-6(2)8(10)7(4-5)9(11)12/h3-4,11-12H,1-2H3. The molecular formula is C8H10BIO2. The molecule has 0 aromatic heterocycles. The van der Waals surface area contributed by atoms with Crippen molar-refractivity contribution in [3.63, 3.8) is 0 Å². The van der Waals surface area contributed by atoms with Crippen LogP contribution in [-0.4, -0.2) is 17.2 Å². The summed E-state index contributed by atoms with van der Waals surface area (Å²) >= 11 is 2.12. The van der Waals surface area contributed by atoms with E-state index >= 15 is 0 Å². The highest BCUT2D eigenvalue weighted by Crippen LogP contribution is 2.11. The van der Waals surface area contributed by atoms with Crippen molar-refractivity contribution < 1.29 is 10.0 Å². The van der Waals surface area contributed by atoms with Crippen molar-refractivity contribution in [2.45, 2.75) is 13.8 Å². The fourth-order valence-corrected chi connectivity index (χ4v) is 1.76. The van der Waals surface area contributed by atoms with Gasteiger partial charge in [0.05, 0.1) is 0 Å². The molecule has 0 fully saturated rings. The fourth-order valence-electron chi connectivity index (χ4n) is 1.17. The van der Waals surface area contributed by atoms with Gasteiger partial charge in [0, 0.05) is 3.57 Å². The second-order valence-electron chi connectivity index (χ2n) is 2.86. The zero-order valence-electron chi connectivity index (χ0n) is 7.00. The second-order valence-corrected chi connectivity index (χ2v) is 3.94. The van der Waals surface area contributed by atoms with E-state index in [2.05, 4.69) is 22.6 Å². The molecule has 0 unspecified atom stereocenters. The van der Waals surface area contributed by atoms with E-state index in [0.29, 0.717) is 5.46 Å². The van der Waals surface area contributed by atoms with Crippen LogP contribution in [0.15, 0.2) is 12.1 Å². The average molecular weight is 276 g/mol. The summed E-state index contributed by atoms with van der Waals surface area (Å²) in [5.74, 6) is 0. The van der Waals surface area contributed by atoms with Crippen LogP contribution in [0, 0.1) is 17.4 Å². The maximum atomic E-state index is 9.00. The van der Waals surface area contributed by atoms with E-state index in [4.69, 9.17) is 10.0 Å². The van der Waals surface area contributed by atoms with Gasteiger partial charge in [-0.05, 0) is 47.5 Å². The lowest BCUT2D eigenvalue weighted by Crippen LogP contribution is -2.33. The molecule has 2 N–H and O–H groups in total. The van der Waals surface area contributed by atoms with Crippen molar-refractivity contribution in [1.29, 1.82) is 0 Å². The monoisotopic (exact) mass is 276 g/mol. The first-order valence-electron chi connectivity index (χ1n) is 3.65. The quantitative estimate of drug-likeness (QED) is 0.582. The van der Waals surface area contributed by atoms with Gasteiger partial charge in [0.15, 0.2) is 0 Å². The lowest BCUT2D eigenvalue weighted by atomic mass is 9.79. The third-order valence-electron chi connectivity index (χ3n) is 1.71. The molecule has 64 valence electrons. The number of aryl methyl sites for hydroxylation is 2. The smallest absolute Gasteiger partial charge is 0.423 e. The molecule has 0 heterocycles. The Hall–Kier alpha value is -0.0651. The topological polar surface area (TPSA) is 40.5 Å². The maximum absolute atomic E-state index is 9.00. The molecule has 0 saturated heterocycles. The molecule has 0 aliphatic rings. The Kier molecular flexibility index (Phi) is 3.14. The number of benzene rings is 1. The minimum atomic E-state index is -1.37. The predicted molar refractivity (Wildman–Crippen MR) is 58.5 cm³/mol. The lowest BCUT2D eigenvalue weighted by molar-refractivity contribution is 0.425. The fraction of sp³-hybridized carbons (Fsp3) is 0.250. The molecule has 1 aromatic rings. The van der Waals surface area contributed by atoms with Crippen molar-refractivity contribution in [3.8, 4) is 0 Å². The number of halogens is 1. The Morgan fingerprint density at radius 3 is 2.33 bits per heavy atom. The molecule has 0 amide bonds. The van der Waals surface area contributed by atoms with E-state index in [1.807, 2.05) is 19.9 Å². The lowest BCUT2D eigenvalue weighted by Gasteiger charge is -2.07. The third-order valence-corrected chi connectivity index (χ3v) is 3.18. The first-order valence-corrected chi connectivity index (χ1v) is 4.73. The summed E-state index contributed by atoms with van der Waals surface area (Å²) in [4.78, 5) is 0. The number of hydrogen-bond donors (Lipinski definition) is 2. The second kappa shape index (κ2) is 3.76. The molecule has 12 heavy (non-hydrogen) atoms. The van der Waals surface area contributed by atoms with Gasteiger partial charge >= 0.3 is 7.12 Å². The first-order chi connectivity index (χ1) is 5.52. The van der Waals surface area contributed by atoms with E-state index in [-0.39, 0.29) is 0 Å². The first kappa shape index (κ1) is 10.0. The average Bonchev–Trinajstić information content (AvgIpc) is 1.96. The van der Waals surface area contributed by atoms with Crippen molar-refractivity contribution in [3.05, 3.63) is 26.8 Å². The van der Waals surface area contributed by atoms with Crippen LogP contribution in [0.4, 0.5) is 0 Å². The Morgan fingerprint density at radius 2 is 1.83 bits per heavy atom. The number of rotatable bonds is 1. The predicted octanol–water partition coefficient (Wildman–Crippen LogP) is 0.588. The highest BCUT2D eigenvalue weighted by Gasteiger charge is 2.16. The van der Waals surface area contributed by atoms with Gasteiger partial charge in [-0.1, -0.05) is 17.7 Å². The van der Waals surface area contributed by atoms with Crippen LogP contribution in [0.25, 0.3) is 0 Å². The van der Waals surface area contributed by atoms with Gasteiger partial charge in [0.25, 0.3) is 0 Å². The molecule has 0 atom stereocenters. The van der Waals surface area contributed by atoms with Crippen molar-refractivity contribution >= 4 is 35.2 Å². The molecule has 0 aliphatic heterocycles. The van der Waals surface area contributed by atoms with Crippen LogP contribution in [0.3, 0.4) is 0 Å². The van der Waals surface area contributed by atoms with Gasteiger partial charge in [0.2, 0.25) is 0 Å². The van der Waals surface area contributed by atoms with Crippen LogP contribution in [0.5, 0.6) is 0 Å². The van der Waals surface area contributed by atoms with Gasteiger partial charge in [-0.15, -0.1) is 0 Å². The van der Waals surface area contributed by atoms with E-state index in [1.165, 1.54) is 0 Å². The zero-order chi connectivity index (χ0) is 9.30. The summed E-state index contributed by atoms with van der Waals surface area (Å²) in [6.07, 6.45) is 0. The molecular weight excluding hydrogens is 266 g/mol. The van der Waals surface area contributed by atoms with Crippen LogP contribution in [0.2, 0.25) is 0 Å². The minimum Gasteiger partial charge on any atom is -0.423 e. The molecule has 1 rings (SSSR count). The van der Waals surface area contributed by atoms with Gasteiger partial charge in [-0.25, -0.2) is 0 Å². The van der Waals surface area contributed by atoms with Crippen LogP contribution < -0.4 is 5.46 Å². The summed E-state index contributed by atoms with van der Waals surface area (Å²) in [6.45, 7) is 3.90. The summed E-state index contributed by atoms with van der Waals surface area (Å²) < 4.78 is 0.924. The highest BCUT2D eigenvalue weighted by molar-refractivity contribution is 14.1.